The van der Waals surface area contributed by atoms with E-state index in [0.29, 0.717) is 22.7 Å². The molecule has 136 valence electrons. The average Bonchev–Trinajstić information content (AvgIpc) is 3.00. The Morgan fingerprint density at radius 3 is 2.50 bits per heavy atom. The van der Waals surface area contributed by atoms with Crippen LogP contribution in [0.3, 0.4) is 0 Å². The van der Waals surface area contributed by atoms with Gasteiger partial charge < -0.3 is 4.74 Å². The molecule has 3 aromatic rings. The van der Waals surface area contributed by atoms with Gasteiger partial charge in [0.05, 0.1) is 6.42 Å². The summed E-state index contributed by atoms with van der Waals surface area (Å²) in [5.41, 5.74) is 1.60. The van der Waals surface area contributed by atoms with Gasteiger partial charge in [0, 0.05) is 11.4 Å². The van der Waals surface area contributed by atoms with Crippen LogP contribution in [0.2, 0.25) is 0 Å². The first-order valence-corrected chi connectivity index (χ1v) is 7.81. The number of ether oxygens (including phenoxy) is 1. The SMILES string of the molecule is Cc1nc2nc(C(F)(F)F)nn2c(C)c1CCC(=O)Oc1ccccc1. The number of halogens is 3. The Hall–Kier alpha value is -2.97. The molecular weight excluding hydrogens is 349 g/mol. The smallest absolute Gasteiger partial charge is 0.427 e. The van der Waals surface area contributed by atoms with Crippen LogP contribution in [0.5, 0.6) is 5.75 Å². The summed E-state index contributed by atoms with van der Waals surface area (Å²) >= 11 is 0. The molecule has 2 heterocycles. The number of rotatable bonds is 4. The van der Waals surface area contributed by atoms with E-state index in [0.717, 1.165) is 4.52 Å². The molecule has 0 atom stereocenters. The summed E-state index contributed by atoms with van der Waals surface area (Å²) in [5.74, 6) is -1.37. The zero-order chi connectivity index (χ0) is 18.9. The van der Waals surface area contributed by atoms with E-state index in [-0.39, 0.29) is 18.6 Å². The number of nitrogens with zero attached hydrogens (tertiary/aromatic N) is 4. The van der Waals surface area contributed by atoms with Crippen molar-refractivity contribution >= 4 is 11.7 Å². The van der Waals surface area contributed by atoms with E-state index in [1.54, 1.807) is 44.2 Å². The summed E-state index contributed by atoms with van der Waals surface area (Å²) in [5, 5.41) is 3.48. The number of esters is 1. The summed E-state index contributed by atoms with van der Waals surface area (Å²) in [6.45, 7) is 3.28. The maximum atomic E-state index is 12.8. The average molecular weight is 364 g/mol. The third-order valence-electron chi connectivity index (χ3n) is 3.86. The molecule has 0 saturated carbocycles. The minimum absolute atomic E-state index is 0.0601. The maximum Gasteiger partial charge on any atom is 0.453 e. The molecule has 0 spiro atoms. The van der Waals surface area contributed by atoms with E-state index in [9.17, 15) is 18.0 Å². The summed E-state index contributed by atoms with van der Waals surface area (Å²) in [6.07, 6.45) is -4.31. The van der Waals surface area contributed by atoms with Gasteiger partial charge in [-0.25, -0.2) is 9.50 Å². The van der Waals surface area contributed by atoms with Gasteiger partial charge in [-0.15, -0.1) is 5.10 Å². The lowest BCUT2D eigenvalue weighted by atomic mass is 10.1. The Kier molecular flexibility index (Phi) is 4.62. The quantitative estimate of drug-likeness (QED) is 0.525. The van der Waals surface area contributed by atoms with E-state index in [4.69, 9.17) is 4.74 Å². The lowest BCUT2D eigenvalue weighted by Gasteiger charge is -2.10. The second kappa shape index (κ2) is 6.74. The number of alkyl halides is 3. The molecular formula is C17H15F3N4O2. The fourth-order valence-electron chi connectivity index (χ4n) is 2.59. The lowest BCUT2D eigenvalue weighted by Crippen LogP contribution is -2.12. The second-order valence-electron chi connectivity index (χ2n) is 5.69. The van der Waals surface area contributed by atoms with E-state index in [1.165, 1.54) is 0 Å². The Morgan fingerprint density at radius 1 is 1.15 bits per heavy atom. The van der Waals surface area contributed by atoms with Crippen LogP contribution in [0, 0.1) is 13.8 Å². The fraction of sp³-hybridized carbons (Fsp3) is 0.294. The van der Waals surface area contributed by atoms with E-state index >= 15 is 0 Å². The van der Waals surface area contributed by atoms with Gasteiger partial charge in [0.25, 0.3) is 11.6 Å². The highest BCUT2D eigenvalue weighted by atomic mass is 19.4. The van der Waals surface area contributed by atoms with Crippen molar-refractivity contribution in [2.75, 3.05) is 0 Å². The van der Waals surface area contributed by atoms with Gasteiger partial charge in [0.2, 0.25) is 0 Å². The fourth-order valence-corrected chi connectivity index (χ4v) is 2.59. The molecule has 0 bridgehead atoms. The summed E-state index contributed by atoms with van der Waals surface area (Å²) in [4.78, 5) is 19.5. The van der Waals surface area contributed by atoms with Crippen LogP contribution in [0.15, 0.2) is 30.3 Å². The normalized spacial score (nSPS) is 11.7. The molecule has 0 fully saturated rings. The van der Waals surface area contributed by atoms with Gasteiger partial charge in [-0.05, 0) is 38.0 Å². The zero-order valence-electron chi connectivity index (χ0n) is 14.0. The van der Waals surface area contributed by atoms with Gasteiger partial charge >= 0.3 is 12.1 Å². The molecule has 0 saturated heterocycles. The Labute approximate surface area is 146 Å². The van der Waals surface area contributed by atoms with Crippen molar-refractivity contribution in [1.29, 1.82) is 0 Å². The summed E-state index contributed by atoms with van der Waals surface area (Å²) in [7, 11) is 0. The molecule has 0 amide bonds. The van der Waals surface area contributed by atoms with Crippen LogP contribution >= 0.6 is 0 Å². The predicted octanol–water partition coefficient (Wildman–Crippen LogP) is 3.30. The number of fused-ring (bicyclic) bond motifs is 1. The molecule has 26 heavy (non-hydrogen) atoms. The van der Waals surface area contributed by atoms with Crippen molar-refractivity contribution in [2.24, 2.45) is 0 Å². The number of aryl methyl sites for hydroxylation is 2. The first-order valence-electron chi connectivity index (χ1n) is 7.81. The molecule has 2 aromatic heterocycles. The number of para-hydroxylation sites is 1. The standard InChI is InChI=1S/C17H15F3N4O2/c1-10-13(8-9-14(25)26-12-6-4-3-5-7-12)11(2)24-16(21-10)22-15(23-24)17(18,19)20/h3-7H,8-9H2,1-2H3. The highest BCUT2D eigenvalue weighted by molar-refractivity contribution is 5.72. The van der Waals surface area contributed by atoms with Crippen LogP contribution < -0.4 is 4.74 Å². The van der Waals surface area contributed by atoms with Gasteiger partial charge in [-0.2, -0.15) is 18.2 Å². The van der Waals surface area contributed by atoms with Crippen molar-refractivity contribution < 1.29 is 22.7 Å². The third-order valence-corrected chi connectivity index (χ3v) is 3.86. The number of aromatic nitrogens is 4. The van der Waals surface area contributed by atoms with Crippen LogP contribution in [0.4, 0.5) is 13.2 Å². The van der Waals surface area contributed by atoms with Gasteiger partial charge in [-0.3, -0.25) is 4.79 Å². The number of hydrogen-bond donors (Lipinski definition) is 0. The van der Waals surface area contributed by atoms with E-state index in [2.05, 4.69) is 15.1 Å². The van der Waals surface area contributed by atoms with E-state index in [1.807, 2.05) is 0 Å². The molecule has 0 aliphatic rings. The molecule has 9 heteroatoms. The number of benzene rings is 1. The lowest BCUT2D eigenvalue weighted by molar-refractivity contribution is -0.144. The Bertz CT molecular complexity index is 952. The topological polar surface area (TPSA) is 69.4 Å². The molecule has 0 N–H and O–H groups in total. The molecule has 0 aliphatic heterocycles. The number of carbonyl (C=O) groups excluding carboxylic acids is 1. The molecule has 1 aromatic carbocycles. The Balaban J connectivity index is 1.80. The molecule has 6 nitrogen and oxygen atoms in total. The Morgan fingerprint density at radius 2 is 1.85 bits per heavy atom. The zero-order valence-corrected chi connectivity index (χ0v) is 14.0. The summed E-state index contributed by atoms with van der Waals surface area (Å²) < 4.78 is 44.6. The minimum atomic E-state index is -4.65. The first kappa shape index (κ1) is 17.8. The van der Waals surface area contributed by atoms with Gasteiger partial charge in [0.1, 0.15) is 5.75 Å². The van der Waals surface area contributed by atoms with Crippen LogP contribution in [0.1, 0.15) is 29.2 Å². The molecule has 0 unspecified atom stereocenters. The molecule has 0 radical (unpaired) electrons. The predicted molar refractivity (Wildman–Crippen MR) is 85.7 cm³/mol. The number of carbonyl (C=O) groups is 1. The number of hydrogen-bond acceptors (Lipinski definition) is 5. The van der Waals surface area contributed by atoms with Crippen LogP contribution in [-0.4, -0.2) is 25.6 Å². The maximum absolute atomic E-state index is 12.8. The van der Waals surface area contributed by atoms with Crippen molar-refractivity contribution in [3.8, 4) is 5.75 Å². The first-order chi connectivity index (χ1) is 12.3. The van der Waals surface area contributed by atoms with Gasteiger partial charge in [0.15, 0.2) is 0 Å². The van der Waals surface area contributed by atoms with Gasteiger partial charge in [-0.1, -0.05) is 18.2 Å². The highest BCUT2D eigenvalue weighted by Crippen LogP contribution is 2.27. The summed E-state index contributed by atoms with van der Waals surface area (Å²) in [6, 6.07) is 8.62. The highest BCUT2D eigenvalue weighted by Gasteiger charge is 2.36. The molecule has 3 rings (SSSR count). The van der Waals surface area contributed by atoms with Crippen LogP contribution in [-0.2, 0) is 17.4 Å². The monoisotopic (exact) mass is 364 g/mol. The minimum Gasteiger partial charge on any atom is -0.427 e. The van der Waals surface area contributed by atoms with Crippen molar-refractivity contribution in [2.45, 2.75) is 32.9 Å². The largest absolute Gasteiger partial charge is 0.453 e. The van der Waals surface area contributed by atoms with Crippen LogP contribution in [0.25, 0.3) is 5.78 Å². The van der Waals surface area contributed by atoms with E-state index < -0.39 is 18.0 Å². The third kappa shape index (κ3) is 3.66. The molecule has 0 aliphatic carbocycles. The van der Waals surface area contributed by atoms with Crippen molar-refractivity contribution in [1.82, 2.24) is 19.6 Å². The van der Waals surface area contributed by atoms with Crippen molar-refractivity contribution in [3.05, 3.63) is 53.1 Å². The second-order valence-corrected chi connectivity index (χ2v) is 5.69. The van der Waals surface area contributed by atoms with Crippen molar-refractivity contribution in [3.63, 3.8) is 0 Å².